The minimum Gasteiger partial charge on any atom is -0.462 e. The normalized spacial score (nSPS) is 12.3. The Morgan fingerprint density at radius 2 is 0.932 bits per heavy atom. The van der Waals surface area contributed by atoms with Gasteiger partial charge in [-0.1, -0.05) is 170 Å². The van der Waals surface area contributed by atoms with Crippen molar-refractivity contribution in [2.24, 2.45) is 0 Å². The Morgan fingerprint density at radius 3 is 1.37 bits per heavy atom. The summed E-state index contributed by atoms with van der Waals surface area (Å²) in [7, 11) is 0. The van der Waals surface area contributed by atoms with Crippen molar-refractivity contribution in [1.82, 2.24) is 10.6 Å². The zero-order valence-corrected chi connectivity index (χ0v) is 39.3. The number of ether oxygens (including phenoxy) is 3. The van der Waals surface area contributed by atoms with E-state index in [1.54, 1.807) is 0 Å². The van der Waals surface area contributed by atoms with Crippen LogP contribution < -0.4 is 10.6 Å². The summed E-state index contributed by atoms with van der Waals surface area (Å²) in [5, 5.41) is 16.4. The molecule has 0 aliphatic heterocycles. The van der Waals surface area contributed by atoms with Gasteiger partial charge in [0.05, 0.1) is 24.4 Å². The Labute approximate surface area is 362 Å². The molecule has 0 aliphatic carbocycles. The summed E-state index contributed by atoms with van der Waals surface area (Å²) in [4.78, 5) is 50.8. The van der Waals surface area contributed by atoms with Crippen LogP contribution in [0.1, 0.15) is 247 Å². The highest BCUT2D eigenvalue weighted by molar-refractivity contribution is 5.83. The van der Waals surface area contributed by atoms with Gasteiger partial charge in [0.2, 0.25) is 11.8 Å². The molecular weight excluding hydrogens is 745 g/mol. The molecular formula is C49H94N2O8. The van der Waals surface area contributed by atoms with Gasteiger partial charge in [0, 0.05) is 32.2 Å². The highest BCUT2D eigenvalue weighted by atomic mass is 16.6. The lowest BCUT2D eigenvalue weighted by Gasteiger charge is -2.34. The number of nitrogens with one attached hydrogen (secondary N) is 2. The largest absolute Gasteiger partial charge is 0.462 e. The van der Waals surface area contributed by atoms with Gasteiger partial charge in [0.1, 0.15) is 6.61 Å². The molecule has 0 saturated heterocycles. The highest BCUT2D eigenvalue weighted by Gasteiger charge is 2.29. The van der Waals surface area contributed by atoms with E-state index >= 15 is 0 Å². The average molecular weight is 839 g/mol. The van der Waals surface area contributed by atoms with Crippen molar-refractivity contribution in [1.29, 1.82) is 0 Å². The molecule has 0 aromatic heterocycles. The van der Waals surface area contributed by atoms with E-state index in [0.717, 1.165) is 51.4 Å². The number of carbonyl (C=O) groups is 4. The molecule has 0 heterocycles. The van der Waals surface area contributed by atoms with E-state index in [2.05, 4.69) is 38.3 Å². The van der Waals surface area contributed by atoms with Gasteiger partial charge >= 0.3 is 11.9 Å². The third-order valence-electron chi connectivity index (χ3n) is 12.3. The molecule has 0 aliphatic rings. The Bertz CT molecular complexity index is 1030. The highest BCUT2D eigenvalue weighted by Crippen LogP contribution is 2.27. The summed E-state index contributed by atoms with van der Waals surface area (Å²) >= 11 is 0. The Morgan fingerprint density at radius 1 is 0.508 bits per heavy atom. The fraction of sp³-hybridized carbons (Fsp3) is 0.918. The molecule has 0 bridgehead atoms. The molecule has 348 valence electrons. The number of carbonyl (C=O) groups excluding carboxylic acids is 4. The van der Waals surface area contributed by atoms with E-state index in [-0.39, 0.29) is 61.8 Å². The van der Waals surface area contributed by atoms with Crippen molar-refractivity contribution >= 4 is 23.8 Å². The summed E-state index contributed by atoms with van der Waals surface area (Å²) < 4.78 is 17.5. The monoisotopic (exact) mass is 839 g/mol. The van der Waals surface area contributed by atoms with Crippen molar-refractivity contribution in [3.05, 3.63) is 0 Å². The van der Waals surface area contributed by atoms with Crippen LogP contribution >= 0.6 is 0 Å². The summed E-state index contributed by atoms with van der Waals surface area (Å²) in [6, 6.07) is 0. The van der Waals surface area contributed by atoms with E-state index in [4.69, 9.17) is 14.2 Å². The number of aliphatic hydroxyl groups is 1. The van der Waals surface area contributed by atoms with Gasteiger partial charge in [-0.15, -0.1) is 0 Å². The maximum absolute atomic E-state index is 12.8. The van der Waals surface area contributed by atoms with Gasteiger partial charge in [-0.3, -0.25) is 19.2 Å². The number of hydrogen-bond acceptors (Lipinski definition) is 8. The van der Waals surface area contributed by atoms with Crippen molar-refractivity contribution in [2.45, 2.75) is 264 Å². The molecule has 3 N–H and O–H groups in total. The number of amides is 2. The SMILES string of the molecule is CCCCCCCCCCCCCC(=O)OCC(CNC(=O)CCC(=O)NCCC(CC)(CC)OCCC(O)(CC)CC)OC(=O)CCCCCCCCCCCCC. The lowest BCUT2D eigenvalue weighted by Crippen LogP contribution is -2.39. The third-order valence-corrected chi connectivity index (χ3v) is 12.3. The fourth-order valence-electron chi connectivity index (χ4n) is 7.51. The molecule has 0 radical (unpaired) electrons. The average Bonchev–Trinajstić information content (AvgIpc) is 3.24. The summed E-state index contributed by atoms with van der Waals surface area (Å²) in [5.41, 5.74) is -1.10. The van der Waals surface area contributed by atoms with Crippen LogP contribution in [0.25, 0.3) is 0 Å². The van der Waals surface area contributed by atoms with Crippen LogP contribution in [-0.2, 0) is 33.4 Å². The zero-order valence-electron chi connectivity index (χ0n) is 39.3. The zero-order chi connectivity index (χ0) is 43.9. The standard InChI is InChI=1S/C49H94N2O8/c1-7-13-15-17-19-21-23-25-27-29-31-33-46(54)57-42-43(59-47(55)34-32-30-28-26-24-22-20-18-16-14-8-2)41-51-45(53)36-35-44(52)50-39-37-49(11-5,12-6)58-40-38-48(56,9-3)10-4/h43,56H,7-42H2,1-6H3,(H,50,52)(H,51,53). The van der Waals surface area contributed by atoms with Crippen molar-refractivity contribution < 1.29 is 38.5 Å². The number of unbranched alkanes of at least 4 members (excludes halogenated alkanes) is 20. The maximum Gasteiger partial charge on any atom is 0.306 e. The minimum absolute atomic E-state index is 0.00815. The van der Waals surface area contributed by atoms with Gasteiger partial charge in [0.15, 0.2) is 6.10 Å². The molecule has 0 saturated carbocycles. The molecule has 59 heavy (non-hydrogen) atoms. The lowest BCUT2D eigenvalue weighted by atomic mass is 9.91. The number of hydrogen-bond donors (Lipinski definition) is 3. The second kappa shape index (κ2) is 38.7. The Kier molecular flexibility index (Phi) is 37.3. The van der Waals surface area contributed by atoms with Crippen molar-refractivity contribution in [2.75, 3.05) is 26.3 Å². The molecule has 0 spiro atoms. The molecule has 0 fully saturated rings. The third kappa shape index (κ3) is 33.2. The molecule has 1 atom stereocenters. The van der Waals surface area contributed by atoms with Gasteiger partial charge in [-0.05, 0) is 51.4 Å². The van der Waals surface area contributed by atoms with Crippen LogP contribution in [0.15, 0.2) is 0 Å². The van der Waals surface area contributed by atoms with Crippen LogP contribution in [0.2, 0.25) is 0 Å². The molecule has 2 amide bonds. The molecule has 0 aromatic carbocycles. The molecule has 1 unspecified atom stereocenters. The predicted molar refractivity (Wildman–Crippen MR) is 242 cm³/mol. The summed E-state index contributed by atoms with van der Waals surface area (Å²) in [6.07, 6.45) is 30.2. The smallest absolute Gasteiger partial charge is 0.306 e. The van der Waals surface area contributed by atoms with Crippen LogP contribution in [-0.4, -0.2) is 72.5 Å². The van der Waals surface area contributed by atoms with Crippen LogP contribution in [0.4, 0.5) is 0 Å². The molecule has 10 nitrogen and oxygen atoms in total. The van der Waals surface area contributed by atoms with Crippen LogP contribution in [0, 0.1) is 0 Å². The van der Waals surface area contributed by atoms with Gasteiger partial charge in [0.25, 0.3) is 0 Å². The van der Waals surface area contributed by atoms with Crippen LogP contribution in [0.5, 0.6) is 0 Å². The number of esters is 2. The van der Waals surface area contributed by atoms with Crippen molar-refractivity contribution in [3.63, 3.8) is 0 Å². The second-order valence-corrected chi connectivity index (χ2v) is 17.2. The fourth-order valence-corrected chi connectivity index (χ4v) is 7.51. The van der Waals surface area contributed by atoms with E-state index in [1.807, 2.05) is 13.8 Å². The second-order valence-electron chi connectivity index (χ2n) is 17.2. The first-order chi connectivity index (χ1) is 28.5. The van der Waals surface area contributed by atoms with Gasteiger partial charge < -0.3 is 30.0 Å². The van der Waals surface area contributed by atoms with E-state index < -0.39 is 11.7 Å². The minimum atomic E-state index is -0.795. The van der Waals surface area contributed by atoms with Gasteiger partial charge in [-0.2, -0.15) is 0 Å². The molecule has 0 aromatic rings. The quantitative estimate of drug-likeness (QED) is 0.0407. The topological polar surface area (TPSA) is 140 Å². The van der Waals surface area contributed by atoms with Crippen molar-refractivity contribution in [3.8, 4) is 0 Å². The van der Waals surface area contributed by atoms with E-state index in [1.165, 1.54) is 103 Å². The Hall–Kier alpha value is -2.20. The van der Waals surface area contributed by atoms with Gasteiger partial charge in [-0.25, -0.2) is 0 Å². The first kappa shape index (κ1) is 56.8. The predicted octanol–water partition coefficient (Wildman–Crippen LogP) is 11.8. The van der Waals surface area contributed by atoms with E-state index in [0.29, 0.717) is 45.3 Å². The molecule has 10 heteroatoms. The van der Waals surface area contributed by atoms with Crippen LogP contribution in [0.3, 0.4) is 0 Å². The Balaban J connectivity index is 4.76. The maximum atomic E-state index is 12.8. The summed E-state index contributed by atoms with van der Waals surface area (Å²) in [6.45, 7) is 13.4. The summed E-state index contributed by atoms with van der Waals surface area (Å²) in [5.74, 6) is -1.23. The first-order valence-corrected chi connectivity index (χ1v) is 24.8. The molecule has 0 rings (SSSR count). The lowest BCUT2D eigenvalue weighted by molar-refractivity contribution is -0.159. The number of rotatable bonds is 43. The first-order valence-electron chi connectivity index (χ1n) is 24.8. The van der Waals surface area contributed by atoms with E-state index in [9.17, 15) is 24.3 Å².